The minimum Gasteiger partial charge on any atom is -0.343 e. The van der Waals surface area contributed by atoms with E-state index in [-0.39, 0.29) is 18.4 Å². The highest BCUT2D eigenvalue weighted by Crippen LogP contribution is 2.14. The molecule has 2 N–H and O–H groups in total. The number of hydrogen-bond donors (Lipinski definition) is 2. The Morgan fingerprint density at radius 1 is 1.05 bits per heavy atom. The summed E-state index contributed by atoms with van der Waals surface area (Å²) in [5.41, 5.74) is 3.39. The Kier molecular flexibility index (Phi) is 5.17. The SMILES string of the molecule is Cc1ccc(NC(=O)CNC(=O)c2cccc(Cl)c2)cc1C. The van der Waals surface area contributed by atoms with Crippen LogP contribution in [0.1, 0.15) is 21.5 Å². The van der Waals surface area contributed by atoms with Crippen molar-refractivity contribution in [2.75, 3.05) is 11.9 Å². The second-order valence-electron chi connectivity index (χ2n) is 5.04. The van der Waals surface area contributed by atoms with Gasteiger partial charge in [-0.2, -0.15) is 0 Å². The van der Waals surface area contributed by atoms with Crippen molar-refractivity contribution in [1.29, 1.82) is 0 Å². The van der Waals surface area contributed by atoms with Gasteiger partial charge < -0.3 is 10.6 Å². The quantitative estimate of drug-likeness (QED) is 0.909. The van der Waals surface area contributed by atoms with Gasteiger partial charge in [0.2, 0.25) is 5.91 Å². The van der Waals surface area contributed by atoms with Crippen molar-refractivity contribution in [3.63, 3.8) is 0 Å². The summed E-state index contributed by atoms with van der Waals surface area (Å²) in [4.78, 5) is 23.8. The molecule has 0 heterocycles. The van der Waals surface area contributed by atoms with Crippen LogP contribution in [0, 0.1) is 13.8 Å². The Labute approximate surface area is 134 Å². The lowest BCUT2D eigenvalue weighted by molar-refractivity contribution is -0.115. The minimum absolute atomic E-state index is 0.0989. The third-order valence-corrected chi connectivity index (χ3v) is 3.52. The van der Waals surface area contributed by atoms with Crippen molar-refractivity contribution in [1.82, 2.24) is 5.32 Å². The zero-order valence-corrected chi connectivity index (χ0v) is 13.2. The number of carbonyl (C=O) groups is 2. The van der Waals surface area contributed by atoms with E-state index in [2.05, 4.69) is 10.6 Å². The molecule has 0 aliphatic rings. The summed E-state index contributed by atoms with van der Waals surface area (Å²) in [5.74, 6) is -0.614. The Bertz CT molecular complexity index is 714. The summed E-state index contributed by atoms with van der Waals surface area (Å²) in [6.07, 6.45) is 0. The lowest BCUT2D eigenvalue weighted by Crippen LogP contribution is -2.32. The van der Waals surface area contributed by atoms with Crippen LogP contribution in [-0.4, -0.2) is 18.4 Å². The molecule has 0 saturated carbocycles. The molecule has 4 nitrogen and oxygen atoms in total. The zero-order chi connectivity index (χ0) is 16.1. The van der Waals surface area contributed by atoms with Gasteiger partial charge in [-0.1, -0.05) is 23.7 Å². The van der Waals surface area contributed by atoms with E-state index in [1.54, 1.807) is 24.3 Å². The zero-order valence-electron chi connectivity index (χ0n) is 12.4. The highest BCUT2D eigenvalue weighted by Gasteiger charge is 2.09. The number of hydrogen-bond acceptors (Lipinski definition) is 2. The van der Waals surface area contributed by atoms with E-state index in [1.807, 2.05) is 32.0 Å². The summed E-state index contributed by atoms with van der Waals surface area (Å²) >= 11 is 5.83. The predicted molar refractivity (Wildman–Crippen MR) is 88.3 cm³/mol. The van der Waals surface area contributed by atoms with Gasteiger partial charge in [-0.15, -0.1) is 0 Å². The van der Waals surface area contributed by atoms with Crippen molar-refractivity contribution < 1.29 is 9.59 Å². The summed E-state index contributed by atoms with van der Waals surface area (Å²) in [6.45, 7) is 3.89. The van der Waals surface area contributed by atoms with Crippen LogP contribution in [0.25, 0.3) is 0 Å². The van der Waals surface area contributed by atoms with Crippen LogP contribution in [0.3, 0.4) is 0 Å². The molecule has 0 aromatic heterocycles. The minimum atomic E-state index is -0.335. The summed E-state index contributed by atoms with van der Waals surface area (Å²) < 4.78 is 0. The largest absolute Gasteiger partial charge is 0.343 e. The number of benzene rings is 2. The van der Waals surface area contributed by atoms with Gasteiger partial charge in [-0.05, 0) is 55.3 Å². The third kappa shape index (κ3) is 4.33. The Balaban J connectivity index is 1.90. The molecule has 0 radical (unpaired) electrons. The molecule has 0 aliphatic carbocycles. The molecule has 2 amide bonds. The van der Waals surface area contributed by atoms with Crippen LogP contribution >= 0.6 is 11.6 Å². The number of nitrogens with one attached hydrogen (secondary N) is 2. The lowest BCUT2D eigenvalue weighted by Gasteiger charge is -2.09. The number of amides is 2. The van der Waals surface area contributed by atoms with Gasteiger partial charge >= 0.3 is 0 Å². The number of anilines is 1. The molecule has 5 heteroatoms. The lowest BCUT2D eigenvalue weighted by atomic mass is 10.1. The van der Waals surface area contributed by atoms with E-state index in [0.717, 1.165) is 11.1 Å². The monoisotopic (exact) mass is 316 g/mol. The van der Waals surface area contributed by atoms with E-state index in [9.17, 15) is 9.59 Å². The fourth-order valence-corrected chi connectivity index (χ4v) is 2.11. The number of halogens is 1. The van der Waals surface area contributed by atoms with E-state index < -0.39 is 0 Å². The van der Waals surface area contributed by atoms with Crippen molar-refractivity contribution in [2.45, 2.75) is 13.8 Å². The maximum absolute atomic E-state index is 11.9. The number of aryl methyl sites for hydroxylation is 2. The molecule has 2 aromatic rings. The average molecular weight is 317 g/mol. The molecule has 2 rings (SSSR count). The van der Waals surface area contributed by atoms with Crippen LogP contribution in [0.4, 0.5) is 5.69 Å². The summed E-state index contributed by atoms with van der Waals surface area (Å²) in [7, 11) is 0. The van der Waals surface area contributed by atoms with Crippen LogP contribution in [-0.2, 0) is 4.79 Å². The molecule has 0 saturated heterocycles. The fourth-order valence-electron chi connectivity index (χ4n) is 1.92. The molecule has 2 aromatic carbocycles. The topological polar surface area (TPSA) is 58.2 Å². The third-order valence-electron chi connectivity index (χ3n) is 3.29. The molecule has 0 spiro atoms. The number of rotatable bonds is 4. The average Bonchev–Trinajstić information content (AvgIpc) is 2.48. The van der Waals surface area contributed by atoms with Gasteiger partial charge in [-0.3, -0.25) is 9.59 Å². The second kappa shape index (κ2) is 7.09. The molecule has 114 valence electrons. The molecule has 0 bridgehead atoms. The first-order chi connectivity index (χ1) is 10.5. The van der Waals surface area contributed by atoms with E-state index in [4.69, 9.17) is 11.6 Å². The van der Waals surface area contributed by atoms with Crippen LogP contribution in [0.15, 0.2) is 42.5 Å². The molecular weight excluding hydrogens is 300 g/mol. The van der Waals surface area contributed by atoms with Crippen LogP contribution in [0.2, 0.25) is 5.02 Å². The highest BCUT2D eigenvalue weighted by molar-refractivity contribution is 6.31. The summed E-state index contributed by atoms with van der Waals surface area (Å²) in [6, 6.07) is 12.2. The standard InChI is InChI=1S/C17H17ClN2O2/c1-11-6-7-15(8-12(11)2)20-16(21)10-19-17(22)13-4-3-5-14(18)9-13/h3-9H,10H2,1-2H3,(H,19,22)(H,20,21). The van der Waals surface area contributed by atoms with Crippen molar-refractivity contribution in [3.8, 4) is 0 Å². The molecule has 0 unspecified atom stereocenters. The van der Waals surface area contributed by atoms with Crippen LogP contribution in [0.5, 0.6) is 0 Å². The Morgan fingerprint density at radius 2 is 1.82 bits per heavy atom. The first kappa shape index (κ1) is 16.0. The van der Waals surface area contributed by atoms with E-state index in [1.165, 1.54) is 0 Å². The molecule has 0 aliphatic heterocycles. The van der Waals surface area contributed by atoms with Gasteiger partial charge in [0.15, 0.2) is 0 Å². The first-order valence-electron chi connectivity index (χ1n) is 6.86. The van der Waals surface area contributed by atoms with Crippen molar-refractivity contribution >= 4 is 29.1 Å². The Morgan fingerprint density at radius 3 is 2.50 bits per heavy atom. The maximum Gasteiger partial charge on any atom is 0.251 e. The smallest absolute Gasteiger partial charge is 0.251 e. The van der Waals surface area contributed by atoms with Gasteiger partial charge in [-0.25, -0.2) is 0 Å². The van der Waals surface area contributed by atoms with E-state index in [0.29, 0.717) is 16.3 Å². The van der Waals surface area contributed by atoms with Crippen LogP contribution < -0.4 is 10.6 Å². The second-order valence-corrected chi connectivity index (χ2v) is 5.48. The highest BCUT2D eigenvalue weighted by atomic mass is 35.5. The predicted octanol–water partition coefficient (Wildman–Crippen LogP) is 3.33. The molecule has 0 atom stereocenters. The van der Waals surface area contributed by atoms with Gasteiger partial charge in [0.25, 0.3) is 5.91 Å². The molecular formula is C17H17ClN2O2. The van der Waals surface area contributed by atoms with Gasteiger partial charge in [0, 0.05) is 16.3 Å². The first-order valence-corrected chi connectivity index (χ1v) is 7.24. The van der Waals surface area contributed by atoms with E-state index >= 15 is 0 Å². The fraction of sp³-hybridized carbons (Fsp3) is 0.176. The molecule has 22 heavy (non-hydrogen) atoms. The number of carbonyl (C=O) groups excluding carboxylic acids is 2. The summed E-state index contributed by atoms with van der Waals surface area (Å²) in [5, 5.41) is 5.79. The van der Waals surface area contributed by atoms with Crippen molar-refractivity contribution in [2.24, 2.45) is 0 Å². The van der Waals surface area contributed by atoms with Gasteiger partial charge in [0.05, 0.1) is 6.54 Å². The van der Waals surface area contributed by atoms with Crippen molar-refractivity contribution in [3.05, 3.63) is 64.2 Å². The molecule has 0 fully saturated rings. The Hall–Kier alpha value is -2.33. The van der Waals surface area contributed by atoms with Gasteiger partial charge in [0.1, 0.15) is 0 Å². The normalized spacial score (nSPS) is 10.1. The maximum atomic E-state index is 11.9.